The van der Waals surface area contributed by atoms with Crippen molar-refractivity contribution in [2.75, 3.05) is 11.1 Å². The summed E-state index contributed by atoms with van der Waals surface area (Å²) >= 11 is 0. The normalized spacial score (nSPS) is 15.3. The number of carbonyl (C=O) groups excluding carboxylic acids is 1. The number of rotatable bonds is 7. The minimum absolute atomic E-state index is 0.00693. The van der Waals surface area contributed by atoms with Gasteiger partial charge in [-0.25, -0.2) is 13.4 Å². The molecule has 1 aliphatic carbocycles. The van der Waals surface area contributed by atoms with Crippen molar-refractivity contribution in [3.05, 3.63) is 53.2 Å². The molecule has 1 aromatic heterocycles. The number of nitrogens with one attached hydrogen (secondary N) is 1. The standard InChI is InChI=1S/C21H20F6N2O4S/c1-12-8-15(5-6-16(12)19(31,20(22,23)24)21(25,26)27)29-17(30)9-14-4-7-18(28-10-14)34(32,33)11-13-2-3-13/h4-8,10,13,31H,2-3,9,11H2,1H3,(H,29,30). The molecule has 0 radical (unpaired) electrons. The van der Waals surface area contributed by atoms with E-state index in [1.165, 1.54) is 18.3 Å². The Morgan fingerprint density at radius 3 is 2.18 bits per heavy atom. The molecule has 2 aromatic rings. The summed E-state index contributed by atoms with van der Waals surface area (Å²) in [6, 6.07) is 4.81. The Hall–Kier alpha value is -2.67. The van der Waals surface area contributed by atoms with Crippen LogP contribution in [0.2, 0.25) is 0 Å². The van der Waals surface area contributed by atoms with Gasteiger partial charge in [-0.15, -0.1) is 0 Å². The third-order valence-corrected chi connectivity index (χ3v) is 7.14. The van der Waals surface area contributed by atoms with Gasteiger partial charge in [0.2, 0.25) is 5.91 Å². The minimum Gasteiger partial charge on any atom is -0.369 e. The molecular weight excluding hydrogens is 490 g/mol. The molecule has 1 aromatic carbocycles. The second kappa shape index (κ2) is 8.84. The van der Waals surface area contributed by atoms with Crippen LogP contribution in [0.15, 0.2) is 41.6 Å². The number of carbonyl (C=O) groups is 1. The van der Waals surface area contributed by atoms with E-state index < -0.39 is 44.8 Å². The summed E-state index contributed by atoms with van der Waals surface area (Å²) in [6.45, 7) is 0.943. The molecule has 1 saturated carbocycles. The first-order chi connectivity index (χ1) is 15.5. The highest BCUT2D eigenvalue weighted by atomic mass is 32.2. The predicted molar refractivity (Wildman–Crippen MR) is 109 cm³/mol. The van der Waals surface area contributed by atoms with Crippen molar-refractivity contribution in [1.82, 2.24) is 4.98 Å². The van der Waals surface area contributed by atoms with Crippen LogP contribution < -0.4 is 5.32 Å². The number of aryl methyl sites for hydroxylation is 1. The van der Waals surface area contributed by atoms with Crippen LogP contribution in [0.4, 0.5) is 32.0 Å². The molecule has 1 aliphatic rings. The third kappa shape index (κ3) is 5.35. The number of hydrogen-bond donors (Lipinski definition) is 2. The molecule has 1 heterocycles. The average molecular weight is 510 g/mol. The highest BCUT2D eigenvalue weighted by molar-refractivity contribution is 7.91. The Morgan fingerprint density at radius 2 is 1.71 bits per heavy atom. The zero-order chi connectivity index (χ0) is 25.5. The summed E-state index contributed by atoms with van der Waals surface area (Å²) in [5, 5.41) is 11.8. The first kappa shape index (κ1) is 25.9. The monoisotopic (exact) mass is 510 g/mol. The molecule has 0 aliphatic heterocycles. The van der Waals surface area contributed by atoms with Gasteiger partial charge in [-0.1, -0.05) is 12.1 Å². The van der Waals surface area contributed by atoms with Crippen LogP contribution in [0.5, 0.6) is 0 Å². The number of benzene rings is 1. The number of nitrogens with zero attached hydrogens (tertiary/aromatic N) is 1. The van der Waals surface area contributed by atoms with Crippen molar-refractivity contribution in [2.24, 2.45) is 5.92 Å². The lowest BCUT2D eigenvalue weighted by Gasteiger charge is -2.33. The largest absolute Gasteiger partial charge is 0.430 e. The van der Waals surface area contributed by atoms with Crippen molar-refractivity contribution in [1.29, 1.82) is 0 Å². The van der Waals surface area contributed by atoms with E-state index in [0.717, 1.165) is 31.9 Å². The van der Waals surface area contributed by atoms with Gasteiger partial charge in [-0.05, 0) is 55.0 Å². The number of sulfone groups is 1. The van der Waals surface area contributed by atoms with Crippen molar-refractivity contribution < 1.29 is 44.7 Å². The Morgan fingerprint density at radius 1 is 1.09 bits per heavy atom. The number of halogens is 6. The quantitative estimate of drug-likeness (QED) is 0.548. The molecule has 186 valence electrons. The van der Waals surface area contributed by atoms with Crippen LogP contribution in [-0.2, 0) is 26.7 Å². The van der Waals surface area contributed by atoms with E-state index in [0.29, 0.717) is 11.6 Å². The van der Waals surface area contributed by atoms with E-state index in [9.17, 15) is 44.7 Å². The molecule has 0 bridgehead atoms. The average Bonchev–Trinajstić information content (AvgIpc) is 3.49. The lowest BCUT2D eigenvalue weighted by molar-refractivity contribution is -0.376. The smallest absolute Gasteiger partial charge is 0.369 e. The van der Waals surface area contributed by atoms with Gasteiger partial charge in [0, 0.05) is 17.4 Å². The number of aromatic nitrogens is 1. The molecule has 0 unspecified atom stereocenters. The van der Waals surface area contributed by atoms with Gasteiger partial charge in [0.05, 0.1) is 12.2 Å². The van der Waals surface area contributed by atoms with E-state index in [1.54, 1.807) is 0 Å². The SMILES string of the molecule is Cc1cc(NC(=O)Cc2ccc(S(=O)(=O)CC3CC3)nc2)ccc1C(O)(C(F)(F)F)C(F)(F)F. The Labute approximate surface area is 190 Å². The van der Waals surface area contributed by atoms with Gasteiger partial charge in [0.25, 0.3) is 5.60 Å². The topological polar surface area (TPSA) is 96.4 Å². The molecule has 13 heteroatoms. The second-order valence-corrected chi connectivity index (χ2v) is 10.2. The summed E-state index contributed by atoms with van der Waals surface area (Å²) in [7, 11) is -3.53. The molecule has 34 heavy (non-hydrogen) atoms. The Kier molecular flexibility index (Phi) is 6.74. The molecule has 0 atom stereocenters. The molecule has 0 saturated heterocycles. The van der Waals surface area contributed by atoms with Crippen LogP contribution in [-0.4, -0.2) is 42.5 Å². The molecular formula is C21H20F6N2O4S. The van der Waals surface area contributed by atoms with E-state index in [1.807, 2.05) is 0 Å². The molecule has 3 rings (SSSR count). The van der Waals surface area contributed by atoms with Crippen LogP contribution in [0.3, 0.4) is 0 Å². The Balaban J connectivity index is 1.71. The van der Waals surface area contributed by atoms with Crippen molar-refractivity contribution >= 4 is 21.4 Å². The Bertz CT molecular complexity index is 1160. The lowest BCUT2D eigenvalue weighted by Crippen LogP contribution is -2.54. The van der Waals surface area contributed by atoms with Gasteiger partial charge in [-0.3, -0.25) is 4.79 Å². The van der Waals surface area contributed by atoms with Gasteiger partial charge in [-0.2, -0.15) is 26.3 Å². The molecule has 2 N–H and O–H groups in total. The van der Waals surface area contributed by atoms with E-state index >= 15 is 0 Å². The highest BCUT2D eigenvalue weighted by Gasteiger charge is 2.71. The summed E-state index contributed by atoms with van der Waals surface area (Å²) in [6.07, 6.45) is -9.41. The molecule has 6 nitrogen and oxygen atoms in total. The van der Waals surface area contributed by atoms with E-state index in [4.69, 9.17) is 0 Å². The first-order valence-corrected chi connectivity index (χ1v) is 11.6. The number of amides is 1. The van der Waals surface area contributed by atoms with Crippen molar-refractivity contribution in [3.8, 4) is 0 Å². The fourth-order valence-electron chi connectivity index (χ4n) is 3.38. The van der Waals surface area contributed by atoms with Crippen LogP contribution in [0.25, 0.3) is 0 Å². The fourth-order valence-corrected chi connectivity index (χ4v) is 5.00. The maximum Gasteiger partial charge on any atom is 0.430 e. The van der Waals surface area contributed by atoms with E-state index in [2.05, 4.69) is 10.3 Å². The zero-order valence-corrected chi connectivity index (χ0v) is 18.5. The third-order valence-electron chi connectivity index (χ3n) is 5.35. The van der Waals surface area contributed by atoms with Crippen LogP contribution in [0, 0.1) is 12.8 Å². The maximum absolute atomic E-state index is 13.1. The predicted octanol–water partition coefficient (Wildman–Crippen LogP) is 4.07. The van der Waals surface area contributed by atoms with Gasteiger partial charge < -0.3 is 10.4 Å². The van der Waals surface area contributed by atoms with Crippen molar-refractivity contribution in [2.45, 2.75) is 49.2 Å². The molecule has 0 spiro atoms. The van der Waals surface area contributed by atoms with Gasteiger partial charge >= 0.3 is 12.4 Å². The molecule has 1 amide bonds. The number of anilines is 1. The van der Waals surface area contributed by atoms with Crippen LogP contribution >= 0.6 is 0 Å². The summed E-state index contributed by atoms with van der Waals surface area (Å²) in [5.74, 6) is -0.521. The first-order valence-electron chi connectivity index (χ1n) is 9.99. The summed E-state index contributed by atoms with van der Waals surface area (Å²) < 4.78 is 103. The van der Waals surface area contributed by atoms with Gasteiger partial charge in [0.1, 0.15) is 0 Å². The second-order valence-electron chi connectivity index (χ2n) is 8.19. The maximum atomic E-state index is 13.1. The number of hydrogen-bond acceptors (Lipinski definition) is 5. The summed E-state index contributed by atoms with van der Waals surface area (Å²) in [5.41, 5.74) is -6.76. The van der Waals surface area contributed by atoms with Crippen molar-refractivity contribution in [3.63, 3.8) is 0 Å². The minimum atomic E-state index is -6.02. The number of aliphatic hydroxyl groups is 1. The summed E-state index contributed by atoms with van der Waals surface area (Å²) in [4.78, 5) is 16.1. The number of alkyl halides is 6. The molecule has 1 fully saturated rings. The number of pyridine rings is 1. The van der Waals surface area contributed by atoms with E-state index in [-0.39, 0.29) is 28.8 Å². The van der Waals surface area contributed by atoms with Gasteiger partial charge in [0.15, 0.2) is 14.9 Å². The van der Waals surface area contributed by atoms with Crippen LogP contribution in [0.1, 0.15) is 29.5 Å². The fraction of sp³-hybridized carbons (Fsp3) is 0.429. The highest BCUT2D eigenvalue weighted by Crippen LogP contribution is 2.51. The lowest BCUT2D eigenvalue weighted by atomic mass is 9.88. The zero-order valence-electron chi connectivity index (χ0n) is 17.7.